The lowest BCUT2D eigenvalue weighted by molar-refractivity contribution is 0.0704. The van der Waals surface area contributed by atoms with Crippen molar-refractivity contribution < 1.29 is 18.4 Å². The molecule has 0 aliphatic rings. The molecule has 0 spiro atoms. The number of ether oxygens (including phenoxy) is 1. The van der Waals surface area contributed by atoms with Gasteiger partial charge in [0.05, 0.1) is 10.9 Å². The summed E-state index contributed by atoms with van der Waals surface area (Å²) in [4.78, 5) is 25.6. The molecule has 0 aliphatic carbocycles. The van der Waals surface area contributed by atoms with E-state index in [1.165, 1.54) is 6.07 Å². The van der Waals surface area contributed by atoms with Gasteiger partial charge in [0.25, 0.3) is 0 Å². The van der Waals surface area contributed by atoms with Crippen LogP contribution in [-0.4, -0.2) is 5.97 Å². The van der Waals surface area contributed by atoms with Crippen LogP contribution >= 0.6 is 15.9 Å². The molecule has 0 saturated heterocycles. The van der Waals surface area contributed by atoms with Gasteiger partial charge in [-0.25, -0.2) is 4.79 Å². The van der Waals surface area contributed by atoms with Gasteiger partial charge in [-0.3, -0.25) is 4.79 Å². The number of hydrogen-bond donors (Lipinski definition) is 0. The fourth-order valence-electron chi connectivity index (χ4n) is 3.54. The Labute approximate surface area is 185 Å². The van der Waals surface area contributed by atoms with Gasteiger partial charge in [0.1, 0.15) is 22.7 Å². The van der Waals surface area contributed by atoms with E-state index in [2.05, 4.69) is 15.9 Å². The Balaban J connectivity index is 1.50. The maximum atomic E-state index is 13.1. The number of benzene rings is 3. The molecule has 5 aromatic rings. The number of aryl methyl sites for hydroxylation is 1. The van der Waals surface area contributed by atoms with Crippen molar-refractivity contribution in [2.45, 2.75) is 6.92 Å². The summed E-state index contributed by atoms with van der Waals surface area (Å²) in [6.07, 6.45) is 0. The van der Waals surface area contributed by atoms with Crippen molar-refractivity contribution in [3.63, 3.8) is 0 Å². The molecule has 31 heavy (non-hydrogen) atoms. The average Bonchev–Trinajstić information content (AvgIpc) is 3.19. The molecule has 0 saturated carbocycles. The molecule has 5 rings (SSSR count). The highest BCUT2D eigenvalue weighted by atomic mass is 79.9. The van der Waals surface area contributed by atoms with Gasteiger partial charge < -0.3 is 13.6 Å². The molecule has 6 heteroatoms. The number of hydrogen-bond acceptors (Lipinski definition) is 5. The SMILES string of the molecule is Cc1oc2cc(OC(=O)c3cc4ccccc4o3)ccc2c(=O)c1-c1ccc(Br)cc1. The maximum absolute atomic E-state index is 13.1. The highest BCUT2D eigenvalue weighted by Gasteiger charge is 2.17. The van der Waals surface area contributed by atoms with Crippen LogP contribution in [0.1, 0.15) is 16.3 Å². The first kappa shape index (κ1) is 19.3. The largest absolute Gasteiger partial charge is 0.460 e. The lowest BCUT2D eigenvalue weighted by Gasteiger charge is -2.08. The van der Waals surface area contributed by atoms with Crippen LogP contribution in [0.4, 0.5) is 0 Å². The zero-order chi connectivity index (χ0) is 21.5. The van der Waals surface area contributed by atoms with Gasteiger partial charge in [-0.15, -0.1) is 0 Å². The predicted octanol–water partition coefficient (Wildman–Crippen LogP) is 6.50. The Hall–Kier alpha value is -3.64. The lowest BCUT2D eigenvalue weighted by Crippen LogP contribution is -2.09. The minimum absolute atomic E-state index is 0.101. The van der Waals surface area contributed by atoms with Crippen molar-refractivity contribution >= 4 is 43.8 Å². The van der Waals surface area contributed by atoms with E-state index in [0.717, 1.165) is 15.4 Å². The van der Waals surface area contributed by atoms with Gasteiger partial charge in [0.15, 0.2) is 0 Å². The molecule has 0 atom stereocenters. The molecule has 0 radical (unpaired) electrons. The minimum atomic E-state index is -0.624. The highest BCUT2D eigenvalue weighted by Crippen LogP contribution is 2.28. The van der Waals surface area contributed by atoms with Crippen LogP contribution in [0.25, 0.3) is 33.1 Å². The fraction of sp³-hybridized carbons (Fsp3) is 0.0400. The summed E-state index contributed by atoms with van der Waals surface area (Å²) >= 11 is 3.40. The number of carbonyl (C=O) groups excluding carboxylic acids is 1. The highest BCUT2D eigenvalue weighted by molar-refractivity contribution is 9.10. The summed E-state index contributed by atoms with van der Waals surface area (Å²) in [5, 5.41) is 1.22. The number of esters is 1. The molecule has 3 aromatic carbocycles. The number of furan rings is 1. The molecule has 152 valence electrons. The second kappa shape index (κ2) is 7.56. The van der Waals surface area contributed by atoms with Crippen molar-refractivity contribution in [3.8, 4) is 16.9 Å². The Bertz CT molecular complexity index is 1480. The van der Waals surface area contributed by atoms with Gasteiger partial charge in [-0.2, -0.15) is 0 Å². The smallest absolute Gasteiger partial charge is 0.379 e. The quantitative estimate of drug-likeness (QED) is 0.220. The van der Waals surface area contributed by atoms with Crippen molar-refractivity contribution in [1.82, 2.24) is 0 Å². The van der Waals surface area contributed by atoms with Gasteiger partial charge in [-0.05, 0) is 48.9 Å². The van der Waals surface area contributed by atoms with Crippen LogP contribution in [0.3, 0.4) is 0 Å². The number of para-hydroxylation sites is 1. The topological polar surface area (TPSA) is 69.7 Å². The molecular weight excluding hydrogens is 460 g/mol. The zero-order valence-electron chi connectivity index (χ0n) is 16.3. The summed E-state index contributed by atoms with van der Waals surface area (Å²) in [6, 6.07) is 21.1. The maximum Gasteiger partial charge on any atom is 0.379 e. The summed E-state index contributed by atoms with van der Waals surface area (Å²) in [6.45, 7) is 1.74. The van der Waals surface area contributed by atoms with Gasteiger partial charge in [0.2, 0.25) is 11.2 Å². The van der Waals surface area contributed by atoms with Crippen LogP contribution in [-0.2, 0) is 0 Å². The molecule has 0 bridgehead atoms. The number of carbonyl (C=O) groups is 1. The Kier molecular flexibility index (Phi) is 4.71. The number of halogens is 1. The van der Waals surface area contributed by atoms with Crippen LogP contribution < -0.4 is 10.2 Å². The fourth-order valence-corrected chi connectivity index (χ4v) is 3.80. The summed E-state index contributed by atoms with van der Waals surface area (Å²) in [7, 11) is 0. The van der Waals surface area contributed by atoms with Crippen LogP contribution in [0, 0.1) is 6.92 Å². The van der Waals surface area contributed by atoms with E-state index in [-0.39, 0.29) is 16.9 Å². The number of fused-ring (bicyclic) bond motifs is 2. The molecular formula is C25H15BrO5. The van der Waals surface area contributed by atoms with Crippen molar-refractivity contribution in [3.05, 3.63) is 99.0 Å². The molecule has 0 unspecified atom stereocenters. The predicted molar refractivity (Wildman–Crippen MR) is 122 cm³/mol. The summed E-state index contributed by atoms with van der Waals surface area (Å²) in [5.74, 6) is 0.225. The van der Waals surface area contributed by atoms with Gasteiger partial charge in [0, 0.05) is 15.9 Å². The third-order valence-electron chi connectivity index (χ3n) is 5.01. The van der Waals surface area contributed by atoms with Crippen molar-refractivity contribution in [2.24, 2.45) is 0 Å². The summed E-state index contributed by atoms with van der Waals surface area (Å²) < 4.78 is 17.8. The molecule has 0 amide bonds. The van der Waals surface area contributed by atoms with E-state index in [1.54, 1.807) is 31.2 Å². The standard InChI is InChI=1S/C25H15BrO5/c1-14-23(15-6-8-17(26)9-7-15)24(27)19-11-10-18(13-21(19)29-14)30-25(28)22-12-16-4-2-3-5-20(16)31-22/h2-13H,1H3. The van der Waals surface area contributed by atoms with E-state index >= 15 is 0 Å². The zero-order valence-corrected chi connectivity index (χ0v) is 17.9. The van der Waals surface area contributed by atoms with E-state index in [4.69, 9.17) is 13.6 Å². The number of rotatable bonds is 3. The minimum Gasteiger partial charge on any atom is -0.460 e. The van der Waals surface area contributed by atoms with E-state index in [0.29, 0.717) is 27.9 Å². The Morgan fingerprint density at radius 3 is 2.45 bits per heavy atom. The first-order chi connectivity index (χ1) is 15.0. The van der Waals surface area contributed by atoms with Crippen molar-refractivity contribution in [2.75, 3.05) is 0 Å². The van der Waals surface area contributed by atoms with E-state index in [9.17, 15) is 9.59 Å². The van der Waals surface area contributed by atoms with Crippen LogP contribution in [0.2, 0.25) is 0 Å². The molecule has 0 aliphatic heterocycles. The van der Waals surface area contributed by atoms with Crippen LogP contribution in [0.15, 0.2) is 90.9 Å². The Morgan fingerprint density at radius 1 is 0.903 bits per heavy atom. The molecule has 2 aromatic heterocycles. The first-order valence-electron chi connectivity index (χ1n) is 9.54. The normalized spacial score (nSPS) is 11.2. The second-order valence-electron chi connectivity index (χ2n) is 7.07. The van der Waals surface area contributed by atoms with Crippen molar-refractivity contribution in [1.29, 1.82) is 0 Å². The molecule has 0 N–H and O–H groups in total. The molecule has 2 heterocycles. The Morgan fingerprint density at radius 2 is 1.68 bits per heavy atom. The lowest BCUT2D eigenvalue weighted by atomic mass is 10.0. The van der Waals surface area contributed by atoms with E-state index in [1.807, 2.05) is 42.5 Å². The van der Waals surface area contributed by atoms with Crippen LogP contribution in [0.5, 0.6) is 5.75 Å². The van der Waals surface area contributed by atoms with Gasteiger partial charge in [-0.1, -0.05) is 46.3 Å². The molecule has 0 fully saturated rings. The first-order valence-corrected chi connectivity index (χ1v) is 10.3. The second-order valence-corrected chi connectivity index (χ2v) is 7.98. The third-order valence-corrected chi connectivity index (χ3v) is 5.54. The monoisotopic (exact) mass is 474 g/mol. The summed E-state index contributed by atoms with van der Waals surface area (Å²) in [5.41, 5.74) is 2.09. The van der Waals surface area contributed by atoms with Gasteiger partial charge >= 0.3 is 5.97 Å². The average molecular weight is 475 g/mol. The molecule has 5 nitrogen and oxygen atoms in total. The van der Waals surface area contributed by atoms with E-state index < -0.39 is 5.97 Å². The third kappa shape index (κ3) is 3.55.